The average Bonchev–Trinajstić information content (AvgIpc) is 3.23. The van der Waals surface area contributed by atoms with Crippen molar-refractivity contribution in [1.82, 2.24) is 14.8 Å². The fourth-order valence-electron chi connectivity index (χ4n) is 3.62. The number of aromatic nitrogens is 1. The number of alkyl halides is 3. The van der Waals surface area contributed by atoms with Gasteiger partial charge in [-0.25, -0.2) is 4.98 Å². The van der Waals surface area contributed by atoms with E-state index in [0.717, 1.165) is 36.5 Å². The van der Waals surface area contributed by atoms with Gasteiger partial charge >= 0.3 is 6.18 Å². The summed E-state index contributed by atoms with van der Waals surface area (Å²) in [5, 5.41) is 1.12. The van der Waals surface area contributed by atoms with Gasteiger partial charge in [0.15, 0.2) is 0 Å². The van der Waals surface area contributed by atoms with Crippen molar-refractivity contribution < 1.29 is 18.0 Å². The van der Waals surface area contributed by atoms with Gasteiger partial charge in [0.1, 0.15) is 5.01 Å². The molecule has 0 radical (unpaired) electrons. The first kappa shape index (κ1) is 18.4. The van der Waals surface area contributed by atoms with Gasteiger partial charge in [-0.05, 0) is 37.5 Å². The first-order chi connectivity index (χ1) is 12.9. The molecule has 1 saturated heterocycles. The third-order valence-corrected chi connectivity index (χ3v) is 6.24. The standard InChI is InChI=1S/C19H20F3N3OS/c20-19(21,22)14-4-1-3-13(11-14)18(26)25-9-7-24(8-10-25)12-17-23-15-5-2-6-16(15)27-17/h1,3-4,11H,2,5-10,12H2. The van der Waals surface area contributed by atoms with E-state index in [-0.39, 0.29) is 11.5 Å². The number of rotatable bonds is 3. The number of nitrogens with zero attached hydrogens (tertiary/aromatic N) is 3. The Bertz CT molecular complexity index is 819. The molecule has 1 fully saturated rings. The largest absolute Gasteiger partial charge is 0.416 e. The van der Waals surface area contributed by atoms with Crippen molar-refractivity contribution in [1.29, 1.82) is 0 Å². The minimum atomic E-state index is -4.44. The van der Waals surface area contributed by atoms with Gasteiger partial charge in [-0.15, -0.1) is 11.3 Å². The minimum Gasteiger partial charge on any atom is -0.336 e. The van der Waals surface area contributed by atoms with E-state index in [1.807, 2.05) is 0 Å². The summed E-state index contributed by atoms with van der Waals surface area (Å²) in [5.74, 6) is -0.339. The Morgan fingerprint density at radius 3 is 2.63 bits per heavy atom. The van der Waals surface area contributed by atoms with Crippen molar-refractivity contribution in [3.05, 3.63) is 51.0 Å². The van der Waals surface area contributed by atoms with E-state index < -0.39 is 11.7 Å². The summed E-state index contributed by atoms with van der Waals surface area (Å²) in [6.07, 6.45) is -1.04. The van der Waals surface area contributed by atoms with Crippen LogP contribution in [0.1, 0.15) is 37.9 Å². The van der Waals surface area contributed by atoms with Gasteiger partial charge in [0, 0.05) is 36.6 Å². The van der Waals surface area contributed by atoms with Crippen LogP contribution in [-0.4, -0.2) is 46.9 Å². The maximum Gasteiger partial charge on any atom is 0.416 e. The van der Waals surface area contributed by atoms with E-state index in [0.29, 0.717) is 26.2 Å². The van der Waals surface area contributed by atoms with E-state index in [1.165, 1.54) is 29.1 Å². The molecule has 0 spiro atoms. The molecule has 0 saturated carbocycles. The number of benzene rings is 1. The van der Waals surface area contributed by atoms with Gasteiger partial charge in [0.2, 0.25) is 0 Å². The van der Waals surface area contributed by atoms with Crippen LogP contribution in [0.5, 0.6) is 0 Å². The molecule has 1 aliphatic heterocycles. The van der Waals surface area contributed by atoms with E-state index in [1.54, 1.807) is 16.2 Å². The molecule has 2 heterocycles. The van der Waals surface area contributed by atoms with Crippen LogP contribution in [0.25, 0.3) is 0 Å². The second-order valence-electron chi connectivity index (χ2n) is 6.98. The van der Waals surface area contributed by atoms with Crippen molar-refractivity contribution in [3.8, 4) is 0 Å². The molecular weight excluding hydrogens is 375 g/mol. The number of carbonyl (C=O) groups excluding carboxylic acids is 1. The lowest BCUT2D eigenvalue weighted by molar-refractivity contribution is -0.137. The van der Waals surface area contributed by atoms with Crippen LogP contribution in [0.15, 0.2) is 24.3 Å². The number of fused-ring (bicyclic) bond motifs is 1. The number of hydrogen-bond donors (Lipinski definition) is 0. The molecule has 1 aliphatic carbocycles. The summed E-state index contributed by atoms with van der Waals surface area (Å²) in [5.41, 5.74) is 0.548. The summed E-state index contributed by atoms with van der Waals surface area (Å²) in [7, 11) is 0. The summed E-state index contributed by atoms with van der Waals surface area (Å²) >= 11 is 1.78. The Kier molecular flexibility index (Phi) is 4.94. The summed E-state index contributed by atoms with van der Waals surface area (Å²) in [6, 6.07) is 4.65. The summed E-state index contributed by atoms with van der Waals surface area (Å²) in [6.45, 7) is 3.22. The monoisotopic (exact) mass is 395 g/mol. The highest BCUT2D eigenvalue weighted by molar-refractivity contribution is 7.11. The zero-order valence-corrected chi connectivity index (χ0v) is 15.6. The van der Waals surface area contributed by atoms with Crippen molar-refractivity contribution in [2.45, 2.75) is 32.0 Å². The van der Waals surface area contributed by atoms with E-state index >= 15 is 0 Å². The van der Waals surface area contributed by atoms with E-state index in [4.69, 9.17) is 4.98 Å². The molecule has 4 nitrogen and oxygen atoms in total. The Morgan fingerprint density at radius 1 is 1.15 bits per heavy atom. The number of amides is 1. The Labute approximate surface area is 159 Å². The van der Waals surface area contributed by atoms with Crippen molar-refractivity contribution in [3.63, 3.8) is 0 Å². The number of piperazine rings is 1. The topological polar surface area (TPSA) is 36.4 Å². The lowest BCUT2D eigenvalue weighted by atomic mass is 10.1. The number of hydrogen-bond acceptors (Lipinski definition) is 4. The normalized spacial score (nSPS) is 18.0. The molecular formula is C19H20F3N3OS. The van der Waals surface area contributed by atoms with Gasteiger partial charge in [-0.1, -0.05) is 6.07 Å². The summed E-state index contributed by atoms with van der Waals surface area (Å²) in [4.78, 5) is 22.6. The lowest BCUT2D eigenvalue weighted by Crippen LogP contribution is -2.48. The number of halogens is 3. The van der Waals surface area contributed by atoms with Crippen molar-refractivity contribution in [2.24, 2.45) is 0 Å². The highest BCUT2D eigenvalue weighted by atomic mass is 32.1. The molecule has 1 aromatic carbocycles. The second kappa shape index (κ2) is 7.24. The van der Waals surface area contributed by atoms with Crippen molar-refractivity contribution >= 4 is 17.2 Å². The first-order valence-electron chi connectivity index (χ1n) is 9.06. The van der Waals surface area contributed by atoms with Crippen LogP contribution in [-0.2, 0) is 25.6 Å². The molecule has 4 rings (SSSR count). The molecule has 0 atom stereocenters. The molecule has 0 unspecified atom stereocenters. The molecule has 0 N–H and O–H groups in total. The number of carbonyl (C=O) groups is 1. The molecule has 2 aromatic rings. The van der Waals surface area contributed by atoms with Gasteiger partial charge in [0.25, 0.3) is 5.91 Å². The number of thiazole rings is 1. The molecule has 1 amide bonds. The van der Waals surface area contributed by atoms with Crippen LogP contribution in [0, 0.1) is 0 Å². The highest BCUT2D eigenvalue weighted by Crippen LogP contribution is 2.30. The third kappa shape index (κ3) is 4.01. The Balaban J connectivity index is 1.35. The fourth-order valence-corrected chi connectivity index (χ4v) is 4.82. The zero-order chi connectivity index (χ0) is 19.0. The van der Waals surface area contributed by atoms with E-state index in [9.17, 15) is 18.0 Å². The first-order valence-corrected chi connectivity index (χ1v) is 9.88. The number of aryl methyl sites for hydroxylation is 2. The van der Waals surface area contributed by atoms with E-state index in [2.05, 4.69) is 4.90 Å². The van der Waals surface area contributed by atoms with Crippen LogP contribution < -0.4 is 0 Å². The second-order valence-corrected chi connectivity index (χ2v) is 8.15. The summed E-state index contributed by atoms with van der Waals surface area (Å²) < 4.78 is 38.6. The Hall–Kier alpha value is -1.93. The van der Waals surface area contributed by atoms with Crippen molar-refractivity contribution in [2.75, 3.05) is 26.2 Å². The molecule has 144 valence electrons. The molecule has 27 heavy (non-hydrogen) atoms. The molecule has 2 aliphatic rings. The van der Waals surface area contributed by atoms with Crippen LogP contribution in [0.2, 0.25) is 0 Å². The van der Waals surface area contributed by atoms with Crippen LogP contribution >= 0.6 is 11.3 Å². The smallest absolute Gasteiger partial charge is 0.336 e. The predicted molar refractivity (Wildman–Crippen MR) is 96.8 cm³/mol. The van der Waals surface area contributed by atoms with Gasteiger partial charge < -0.3 is 4.90 Å². The average molecular weight is 395 g/mol. The fraction of sp³-hybridized carbons (Fsp3) is 0.474. The van der Waals surface area contributed by atoms with Crippen LogP contribution in [0.3, 0.4) is 0 Å². The Morgan fingerprint density at radius 2 is 1.93 bits per heavy atom. The molecule has 0 bridgehead atoms. The zero-order valence-electron chi connectivity index (χ0n) is 14.8. The van der Waals surface area contributed by atoms with Gasteiger partial charge in [-0.3, -0.25) is 9.69 Å². The quantitative estimate of drug-likeness (QED) is 0.797. The third-order valence-electron chi connectivity index (χ3n) is 5.10. The van der Waals surface area contributed by atoms with Crippen LogP contribution in [0.4, 0.5) is 13.2 Å². The molecule has 1 aromatic heterocycles. The maximum atomic E-state index is 12.9. The van der Waals surface area contributed by atoms with Gasteiger partial charge in [0.05, 0.1) is 17.8 Å². The SMILES string of the molecule is O=C(c1cccc(C(F)(F)F)c1)N1CCN(Cc2nc3c(s2)CCC3)CC1. The molecule has 8 heteroatoms. The predicted octanol–water partition coefficient (Wildman–Crippen LogP) is 3.61. The lowest BCUT2D eigenvalue weighted by Gasteiger charge is -2.34. The highest BCUT2D eigenvalue weighted by Gasteiger charge is 2.31. The minimum absolute atomic E-state index is 0.0922. The maximum absolute atomic E-state index is 12.9. The van der Waals surface area contributed by atoms with Gasteiger partial charge in [-0.2, -0.15) is 13.2 Å².